The Labute approximate surface area is 235 Å². The monoisotopic (exact) mass is 565 g/mol. The minimum absolute atomic E-state index is 0.0450. The maximum atomic E-state index is 12.2. The van der Waals surface area contributed by atoms with Crippen LogP contribution in [0.25, 0.3) is 0 Å². The molecule has 3 aliphatic heterocycles. The summed E-state index contributed by atoms with van der Waals surface area (Å²) in [7, 11) is -3.01. The Morgan fingerprint density at radius 3 is 2.67 bits per heavy atom. The summed E-state index contributed by atoms with van der Waals surface area (Å²) >= 11 is 0. The molecule has 1 aromatic carbocycles. The molecule has 1 amide bonds. The molecule has 0 radical (unpaired) electrons. The van der Waals surface area contributed by atoms with E-state index in [9.17, 15) is 13.2 Å². The number of morpholine rings is 1. The number of nitrogens with one attached hydrogen (secondary N) is 1. The Morgan fingerprint density at radius 1 is 1.15 bits per heavy atom. The molecular formula is C29H35N5O5S. The quantitative estimate of drug-likeness (QED) is 0.561. The van der Waals surface area contributed by atoms with Gasteiger partial charge in [-0.15, -0.1) is 0 Å². The first-order valence-electron chi connectivity index (χ1n) is 13.9. The molecule has 2 aromatic rings. The number of aromatic nitrogens is 2. The molecule has 3 fully saturated rings. The summed E-state index contributed by atoms with van der Waals surface area (Å²) < 4.78 is 36.5. The van der Waals surface area contributed by atoms with Crippen LogP contribution < -0.4 is 15.0 Å². The average Bonchev–Trinajstić information content (AvgIpc) is 3.04. The van der Waals surface area contributed by atoms with Crippen molar-refractivity contribution in [3.05, 3.63) is 35.2 Å². The third-order valence-electron chi connectivity index (χ3n) is 8.54. The summed E-state index contributed by atoms with van der Waals surface area (Å²) in [5, 5.41) is 3.52. The van der Waals surface area contributed by atoms with Gasteiger partial charge in [0, 0.05) is 26.2 Å². The van der Waals surface area contributed by atoms with E-state index in [2.05, 4.69) is 46.2 Å². The third-order valence-corrected chi connectivity index (χ3v) is 10.2. The van der Waals surface area contributed by atoms with E-state index in [1.807, 2.05) is 16.7 Å². The van der Waals surface area contributed by atoms with E-state index in [0.717, 1.165) is 41.2 Å². The van der Waals surface area contributed by atoms with E-state index < -0.39 is 9.84 Å². The van der Waals surface area contributed by atoms with Crippen molar-refractivity contribution in [2.24, 2.45) is 5.92 Å². The molecule has 10 nitrogen and oxygen atoms in total. The van der Waals surface area contributed by atoms with Crippen molar-refractivity contribution in [3.63, 3.8) is 0 Å². The molecule has 0 spiro atoms. The Morgan fingerprint density at radius 2 is 1.93 bits per heavy atom. The number of ether oxygens (including phenoxy) is 2. The number of nitrogens with zero attached hydrogens (tertiary/aromatic N) is 4. The molecule has 40 heavy (non-hydrogen) atoms. The van der Waals surface area contributed by atoms with E-state index in [1.165, 1.54) is 11.9 Å². The Hall–Kier alpha value is -3.36. The summed E-state index contributed by atoms with van der Waals surface area (Å²) in [6.07, 6.45) is 3.26. The molecule has 2 atom stereocenters. The molecule has 1 aliphatic carbocycles. The zero-order valence-electron chi connectivity index (χ0n) is 23.1. The first kappa shape index (κ1) is 26.8. The van der Waals surface area contributed by atoms with Gasteiger partial charge in [0.15, 0.2) is 9.84 Å². The van der Waals surface area contributed by atoms with E-state index in [0.29, 0.717) is 50.4 Å². The van der Waals surface area contributed by atoms with Crippen LogP contribution in [-0.2, 0) is 19.4 Å². The summed E-state index contributed by atoms with van der Waals surface area (Å²) in [6.45, 7) is 8.28. The maximum Gasteiger partial charge on any atom is 0.298 e. The van der Waals surface area contributed by atoms with Crippen LogP contribution in [0.4, 0.5) is 17.3 Å². The molecule has 1 saturated carbocycles. The molecule has 4 aliphatic rings. The fraction of sp³-hybridized carbons (Fsp3) is 0.552. The largest absolute Gasteiger partial charge is 0.483 e. The lowest BCUT2D eigenvalue weighted by Gasteiger charge is -2.44. The van der Waals surface area contributed by atoms with Crippen molar-refractivity contribution in [1.82, 2.24) is 14.9 Å². The lowest BCUT2D eigenvalue weighted by atomic mass is 9.68. The number of benzene rings is 1. The highest BCUT2D eigenvalue weighted by molar-refractivity contribution is 7.91. The molecule has 4 heterocycles. The normalized spacial score (nSPS) is 27.0. The van der Waals surface area contributed by atoms with Gasteiger partial charge in [-0.3, -0.25) is 4.79 Å². The smallest absolute Gasteiger partial charge is 0.298 e. The first-order valence-corrected chi connectivity index (χ1v) is 15.8. The van der Waals surface area contributed by atoms with E-state index >= 15 is 0 Å². The highest BCUT2D eigenvalue weighted by Crippen LogP contribution is 2.49. The Balaban J connectivity index is 1.19. The fourth-order valence-electron chi connectivity index (χ4n) is 6.26. The molecule has 6 rings (SSSR count). The molecule has 1 aromatic heterocycles. The molecular weight excluding hydrogens is 530 g/mol. The maximum absolute atomic E-state index is 12.2. The van der Waals surface area contributed by atoms with Crippen LogP contribution in [0.3, 0.4) is 0 Å². The summed E-state index contributed by atoms with van der Waals surface area (Å²) in [6, 6.07) is 4.37. The van der Waals surface area contributed by atoms with Crippen LogP contribution in [0.5, 0.6) is 5.75 Å². The van der Waals surface area contributed by atoms with Gasteiger partial charge < -0.3 is 24.6 Å². The van der Waals surface area contributed by atoms with Crippen LogP contribution in [0.1, 0.15) is 55.4 Å². The van der Waals surface area contributed by atoms with Crippen LogP contribution in [0.2, 0.25) is 0 Å². The van der Waals surface area contributed by atoms with Gasteiger partial charge in [0.05, 0.1) is 35.5 Å². The lowest BCUT2D eigenvalue weighted by molar-refractivity contribution is -0.137. The summed E-state index contributed by atoms with van der Waals surface area (Å²) in [5.74, 6) is 8.46. The second-order valence-electron chi connectivity index (χ2n) is 11.2. The summed E-state index contributed by atoms with van der Waals surface area (Å²) in [4.78, 5) is 25.2. The number of aryl methyl sites for hydroxylation is 1. The van der Waals surface area contributed by atoms with Crippen LogP contribution in [0, 0.1) is 24.7 Å². The number of hydrogen-bond donors (Lipinski definition) is 1. The number of carbonyl (C=O) groups is 1. The van der Waals surface area contributed by atoms with Gasteiger partial charge in [0.25, 0.3) is 5.91 Å². The predicted molar refractivity (Wildman–Crippen MR) is 152 cm³/mol. The third kappa shape index (κ3) is 5.10. The SMILES string of the molecule is CC#CC(=O)N1CCOC([C@H]2C[C@@H](c3cc(C)c4c(c3)Nc3ncnc(N5CCS(=O)(=O)CC5)c3[C@@H](C)O4)C2)C1. The van der Waals surface area contributed by atoms with Crippen molar-refractivity contribution in [2.75, 3.05) is 54.5 Å². The van der Waals surface area contributed by atoms with Gasteiger partial charge >= 0.3 is 0 Å². The molecule has 2 saturated heterocycles. The van der Waals surface area contributed by atoms with Crippen molar-refractivity contribution in [1.29, 1.82) is 0 Å². The average molecular weight is 566 g/mol. The molecule has 212 valence electrons. The van der Waals surface area contributed by atoms with Crippen LogP contribution in [0.15, 0.2) is 18.5 Å². The summed E-state index contributed by atoms with van der Waals surface area (Å²) in [5.41, 5.74) is 4.00. The fourth-order valence-corrected chi connectivity index (χ4v) is 7.46. The topological polar surface area (TPSA) is 114 Å². The van der Waals surface area contributed by atoms with Gasteiger partial charge in [-0.1, -0.05) is 12.0 Å². The van der Waals surface area contributed by atoms with Gasteiger partial charge in [0.1, 0.15) is 29.8 Å². The minimum Gasteiger partial charge on any atom is -0.483 e. The number of hydrogen-bond acceptors (Lipinski definition) is 9. The second kappa shape index (κ2) is 10.6. The number of anilines is 3. The van der Waals surface area contributed by atoms with Crippen molar-refractivity contribution >= 4 is 33.1 Å². The second-order valence-corrected chi connectivity index (χ2v) is 13.5. The van der Waals surface area contributed by atoms with Gasteiger partial charge in [-0.05, 0) is 68.6 Å². The highest BCUT2D eigenvalue weighted by Gasteiger charge is 2.40. The van der Waals surface area contributed by atoms with Crippen LogP contribution in [-0.4, -0.2) is 79.6 Å². The lowest BCUT2D eigenvalue weighted by Crippen LogP contribution is -2.50. The van der Waals surface area contributed by atoms with Gasteiger partial charge in [-0.2, -0.15) is 0 Å². The Kier molecular flexibility index (Phi) is 7.09. The zero-order chi connectivity index (χ0) is 28.0. The Bertz CT molecular complexity index is 1480. The highest BCUT2D eigenvalue weighted by atomic mass is 32.2. The predicted octanol–water partition coefficient (Wildman–Crippen LogP) is 2.96. The van der Waals surface area contributed by atoms with E-state index in [4.69, 9.17) is 9.47 Å². The van der Waals surface area contributed by atoms with Crippen molar-refractivity contribution < 1.29 is 22.7 Å². The van der Waals surface area contributed by atoms with Gasteiger partial charge in [-0.25, -0.2) is 18.4 Å². The molecule has 0 bridgehead atoms. The van der Waals surface area contributed by atoms with Crippen molar-refractivity contribution in [2.45, 2.75) is 51.7 Å². The zero-order valence-corrected chi connectivity index (χ0v) is 24.0. The van der Waals surface area contributed by atoms with Crippen molar-refractivity contribution in [3.8, 4) is 17.6 Å². The molecule has 1 N–H and O–H groups in total. The molecule has 11 heteroatoms. The number of rotatable bonds is 3. The van der Waals surface area contributed by atoms with Gasteiger partial charge in [0.2, 0.25) is 0 Å². The van der Waals surface area contributed by atoms with E-state index in [-0.39, 0.29) is 29.6 Å². The number of fused-ring (bicyclic) bond motifs is 2. The van der Waals surface area contributed by atoms with Crippen LogP contribution >= 0.6 is 0 Å². The number of amides is 1. The standard InChI is InChI=1S/C29H35N5O5S/c1-4-5-25(35)34-6-9-38-24(16-34)22-13-21(14-22)20-12-18(2)27-23(15-20)32-28-26(19(3)39-27)29(31-17-30-28)33-7-10-40(36,37)11-8-33/h12,15,17,19,21-22,24H,6-11,13-14,16H2,1-3H3,(H,30,31,32)/t19-,21-,22+,24?/m1/s1. The van der Waals surface area contributed by atoms with E-state index in [1.54, 1.807) is 6.92 Å². The number of carbonyl (C=O) groups excluding carboxylic acids is 1. The first-order chi connectivity index (χ1) is 19.2. The number of sulfone groups is 1. The molecule has 1 unspecified atom stereocenters. The minimum atomic E-state index is -3.01.